The fourth-order valence-electron chi connectivity index (χ4n) is 4.32. The first-order chi connectivity index (χ1) is 15.5. The van der Waals surface area contributed by atoms with Gasteiger partial charge in [0.05, 0.1) is 17.8 Å². The molecule has 2 aliphatic rings. The number of hydrogen-bond donors (Lipinski definition) is 2. The van der Waals surface area contributed by atoms with E-state index in [-0.39, 0.29) is 30.3 Å². The third-order valence-corrected chi connectivity index (χ3v) is 5.89. The van der Waals surface area contributed by atoms with E-state index in [0.29, 0.717) is 11.5 Å². The van der Waals surface area contributed by atoms with Crippen LogP contribution < -0.4 is 5.48 Å². The third-order valence-electron chi connectivity index (χ3n) is 5.89. The molecule has 0 bridgehead atoms. The Balaban J connectivity index is 1.70. The summed E-state index contributed by atoms with van der Waals surface area (Å²) in [7, 11) is 0. The van der Waals surface area contributed by atoms with Gasteiger partial charge in [0.25, 0.3) is 0 Å². The predicted octanol–water partition coefficient (Wildman–Crippen LogP) is 3.03. The van der Waals surface area contributed by atoms with Crippen molar-refractivity contribution in [2.75, 3.05) is 6.54 Å². The zero-order valence-corrected chi connectivity index (χ0v) is 18.3. The fourth-order valence-corrected chi connectivity index (χ4v) is 4.32. The van der Waals surface area contributed by atoms with Crippen LogP contribution in [-0.4, -0.2) is 51.8 Å². The van der Waals surface area contributed by atoms with Crippen molar-refractivity contribution in [2.24, 2.45) is 10.9 Å². The summed E-state index contributed by atoms with van der Waals surface area (Å²) in [5, 5.41) is 14.1. The number of aryl methyl sites for hydroxylation is 1. The smallest absolute Gasteiger partial charge is 0.391 e. The number of aliphatic imine (C=N–C) groups is 1. The van der Waals surface area contributed by atoms with Gasteiger partial charge in [-0.25, -0.2) is 15.3 Å². The molecule has 1 aromatic carbocycles. The molecule has 0 aliphatic carbocycles. The van der Waals surface area contributed by atoms with E-state index in [4.69, 9.17) is 9.36 Å². The van der Waals surface area contributed by atoms with Gasteiger partial charge in [-0.15, -0.1) is 0 Å². The van der Waals surface area contributed by atoms with E-state index >= 15 is 0 Å². The van der Waals surface area contributed by atoms with Gasteiger partial charge in [0.15, 0.2) is 0 Å². The largest absolute Gasteiger partial charge is 0.445 e. The molecule has 2 aliphatic heterocycles. The summed E-state index contributed by atoms with van der Waals surface area (Å²) in [6, 6.07) is 7.78. The van der Waals surface area contributed by atoms with Crippen LogP contribution in [0.3, 0.4) is 0 Å². The van der Waals surface area contributed by atoms with Gasteiger partial charge >= 0.3 is 11.9 Å². The van der Waals surface area contributed by atoms with E-state index in [1.54, 1.807) is 19.1 Å². The average Bonchev–Trinajstić information content (AvgIpc) is 3.46. The quantitative estimate of drug-likeness (QED) is 0.703. The summed E-state index contributed by atoms with van der Waals surface area (Å²) < 4.78 is 47.7. The molecule has 178 valence electrons. The van der Waals surface area contributed by atoms with Crippen molar-refractivity contribution in [2.45, 2.75) is 57.2 Å². The highest BCUT2D eigenvalue weighted by molar-refractivity contribution is 5.94. The Bertz CT molecular complexity index is 1040. The monoisotopic (exact) mass is 466 g/mol. The highest BCUT2D eigenvalue weighted by Gasteiger charge is 2.62. The van der Waals surface area contributed by atoms with Crippen LogP contribution in [0.4, 0.5) is 13.2 Å². The number of hydroxylamine groups is 1. The molecular weight excluding hydrogens is 441 g/mol. The zero-order chi connectivity index (χ0) is 24.0. The number of benzene rings is 1. The first kappa shape index (κ1) is 23.2. The van der Waals surface area contributed by atoms with Crippen molar-refractivity contribution in [3.8, 4) is 0 Å². The number of rotatable bonds is 5. The number of β-amino-alcohol motifs (C(OH)–C–C–N with tert-alkyl or cyclic N) is 1. The maximum absolute atomic E-state index is 14.1. The van der Waals surface area contributed by atoms with Crippen molar-refractivity contribution < 1.29 is 32.4 Å². The summed E-state index contributed by atoms with van der Waals surface area (Å²) in [6.45, 7) is 5.35. The van der Waals surface area contributed by atoms with Crippen LogP contribution >= 0.6 is 0 Å². The number of nitrogens with one attached hydrogen (secondary N) is 1. The van der Waals surface area contributed by atoms with E-state index in [1.807, 2.05) is 13.8 Å². The van der Waals surface area contributed by atoms with Gasteiger partial charge < -0.3 is 14.5 Å². The predicted molar refractivity (Wildman–Crippen MR) is 111 cm³/mol. The van der Waals surface area contributed by atoms with Crippen molar-refractivity contribution in [3.05, 3.63) is 53.4 Å². The second-order valence-electron chi connectivity index (χ2n) is 8.70. The molecule has 3 heterocycles. The van der Waals surface area contributed by atoms with E-state index in [0.717, 1.165) is 0 Å². The van der Waals surface area contributed by atoms with Gasteiger partial charge in [0.1, 0.15) is 17.5 Å². The van der Waals surface area contributed by atoms with Gasteiger partial charge in [0, 0.05) is 24.6 Å². The van der Waals surface area contributed by atoms with Crippen LogP contribution in [0.25, 0.3) is 0 Å². The molecule has 4 atom stereocenters. The number of amides is 1. The van der Waals surface area contributed by atoms with E-state index < -0.39 is 35.9 Å². The second kappa shape index (κ2) is 8.45. The van der Waals surface area contributed by atoms with Crippen LogP contribution in [0, 0.1) is 12.8 Å². The molecule has 11 heteroatoms. The maximum Gasteiger partial charge on any atom is 0.445 e. The first-order valence-electron chi connectivity index (χ1n) is 10.6. The third kappa shape index (κ3) is 4.10. The van der Waals surface area contributed by atoms with E-state index in [9.17, 15) is 23.1 Å². The fraction of sp³-hybridized carbons (Fsp3) is 0.500. The van der Waals surface area contributed by atoms with Crippen LogP contribution in [-0.2, 0) is 15.4 Å². The Labute approximate surface area is 188 Å². The van der Waals surface area contributed by atoms with Gasteiger partial charge in [-0.2, -0.15) is 13.2 Å². The molecule has 2 aromatic rings. The molecule has 0 spiro atoms. The number of carbonyl (C=O) groups is 1. The molecule has 0 radical (unpaired) electrons. The van der Waals surface area contributed by atoms with Gasteiger partial charge in [-0.3, -0.25) is 4.79 Å². The molecule has 1 fully saturated rings. The lowest BCUT2D eigenvalue weighted by molar-refractivity contribution is -0.285. The summed E-state index contributed by atoms with van der Waals surface area (Å²) in [5.74, 6) is -1.10. The summed E-state index contributed by atoms with van der Waals surface area (Å²) in [6.07, 6.45) is -5.78. The van der Waals surface area contributed by atoms with Crippen LogP contribution in [0.2, 0.25) is 0 Å². The Kier molecular flexibility index (Phi) is 5.95. The minimum Gasteiger partial charge on any atom is -0.391 e. The molecule has 4 rings (SSSR count). The highest BCUT2D eigenvalue weighted by Crippen LogP contribution is 2.45. The number of nitrogens with zero attached hydrogens (tertiary/aromatic N) is 3. The maximum atomic E-state index is 14.1. The number of hydrogen-bond acceptors (Lipinski definition) is 7. The minimum atomic E-state index is -4.87. The molecular formula is C22H25F3N4O4. The van der Waals surface area contributed by atoms with E-state index in [1.165, 1.54) is 29.2 Å². The Morgan fingerprint density at radius 2 is 2.00 bits per heavy atom. The number of aromatic nitrogens is 1. The lowest BCUT2D eigenvalue weighted by Gasteiger charge is -2.29. The number of aliphatic hydroxyl groups is 1. The number of aliphatic hydroxyl groups excluding tert-OH is 1. The molecule has 8 nitrogen and oxygen atoms in total. The number of alkyl halides is 3. The van der Waals surface area contributed by atoms with Crippen LogP contribution in [0.5, 0.6) is 0 Å². The lowest BCUT2D eigenvalue weighted by atomic mass is 9.91. The van der Waals surface area contributed by atoms with Gasteiger partial charge in [0.2, 0.25) is 5.91 Å². The molecule has 1 unspecified atom stereocenters. The Morgan fingerprint density at radius 3 is 2.58 bits per heavy atom. The summed E-state index contributed by atoms with van der Waals surface area (Å²) >= 11 is 0. The molecule has 1 amide bonds. The molecule has 33 heavy (non-hydrogen) atoms. The number of likely N-dealkylation sites (tertiary alicyclic amines) is 1. The van der Waals surface area contributed by atoms with E-state index in [2.05, 4.69) is 15.6 Å². The number of amidine groups is 1. The highest BCUT2D eigenvalue weighted by atomic mass is 19.4. The van der Waals surface area contributed by atoms with Crippen LogP contribution in [0.15, 0.2) is 45.9 Å². The van der Waals surface area contributed by atoms with Crippen LogP contribution in [0.1, 0.15) is 43.2 Å². The number of carbonyl (C=O) groups excluding carboxylic acids is 1. The molecule has 2 N–H and O–H groups in total. The van der Waals surface area contributed by atoms with Crippen molar-refractivity contribution in [1.82, 2.24) is 15.5 Å². The summed E-state index contributed by atoms with van der Waals surface area (Å²) in [5.41, 5.74) is -0.246. The van der Waals surface area contributed by atoms with Gasteiger partial charge in [-0.1, -0.05) is 49.3 Å². The average molecular weight is 466 g/mol. The minimum absolute atomic E-state index is 0.0178. The first-order valence-corrected chi connectivity index (χ1v) is 10.6. The Hall–Kier alpha value is -2.92. The molecule has 1 aromatic heterocycles. The Morgan fingerprint density at radius 1 is 1.30 bits per heavy atom. The topological polar surface area (TPSA) is 100 Å². The van der Waals surface area contributed by atoms with Gasteiger partial charge in [-0.05, 0) is 12.8 Å². The van der Waals surface area contributed by atoms with Crippen molar-refractivity contribution in [3.63, 3.8) is 0 Å². The lowest BCUT2D eigenvalue weighted by Crippen LogP contribution is -2.47. The zero-order valence-electron chi connectivity index (χ0n) is 18.3. The molecule has 1 saturated heterocycles. The standard InChI is InChI=1S/C22H25F3N4O4/c1-12(2)18(17-9-13(3)27-32-17)20(31)29-11-15(30)10-16(29)19-26-21(33-28-19,22(23,24)25)14-7-5-4-6-8-14/h4-9,12,15-16,18,30H,10-11H2,1-3H3,(H,26,28)/t15-,16+,18-,21?/m1/s1. The van der Waals surface area contributed by atoms with Crippen molar-refractivity contribution >= 4 is 11.7 Å². The van der Waals surface area contributed by atoms with Crippen molar-refractivity contribution in [1.29, 1.82) is 0 Å². The normalized spacial score (nSPS) is 26.4. The second-order valence-corrected chi connectivity index (χ2v) is 8.70. The molecule has 0 saturated carbocycles. The number of halogens is 3. The SMILES string of the molecule is Cc1cc([C@H](C(=O)N2C[C@H](O)C[C@H]2C2=NC(c3ccccc3)(C(F)(F)F)ON2)C(C)C)on1. The summed E-state index contributed by atoms with van der Waals surface area (Å²) in [4.78, 5) is 23.8.